The zero-order valence-corrected chi connectivity index (χ0v) is 16.1. The number of benzene rings is 1. The molecule has 0 saturated carbocycles. The molecule has 3 heterocycles. The van der Waals surface area contributed by atoms with Gasteiger partial charge in [-0.2, -0.15) is 0 Å². The van der Waals surface area contributed by atoms with E-state index in [1.54, 1.807) is 16.2 Å². The van der Waals surface area contributed by atoms with Gasteiger partial charge in [-0.05, 0) is 25.0 Å². The monoisotopic (exact) mass is 382 g/mol. The number of rotatable bonds is 3. The molecule has 1 aromatic carbocycles. The molecule has 5 rings (SSSR count). The van der Waals surface area contributed by atoms with Crippen molar-refractivity contribution < 1.29 is 14.5 Å². The highest BCUT2D eigenvalue weighted by Crippen LogP contribution is 2.35. The van der Waals surface area contributed by atoms with Crippen molar-refractivity contribution in [2.45, 2.75) is 31.6 Å². The fourth-order valence-corrected chi connectivity index (χ4v) is 5.88. The maximum absolute atomic E-state index is 12.7. The minimum absolute atomic E-state index is 0.0511. The van der Waals surface area contributed by atoms with Gasteiger partial charge >= 0.3 is 0 Å². The van der Waals surface area contributed by atoms with Gasteiger partial charge in [0.1, 0.15) is 0 Å². The van der Waals surface area contributed by atoms with Crippen molar-refractivity contribution in [3.8, 4) is 0 Å². The van der Waals surface area contributed by atoms with Crippen LogP contribution in [0.25, 0.3) is 10.2 Å². The number of thiazole rings is 1. The number of aromatic nitrogens is 1. The first-order valence-corrected chi connectivity index (χ1v) is 10.7. The van der Waals surface area contributed by atoms with Crippen LogP contribution in [0.4, 0.5) is 0 Å². The number of fused-ring (bicyclic) bond motifs is 2. The molecule has 0 radical (unpaired) electrons. The molecule has 1 aliphatic carbocycles. The standard InChI is InChI=1S/C21H23N3O2S/c25-20-15-5-1-2-6-16(15)21(26)24(20)13-23-11-9-14(10-12-23)19-22-17-7-3-4-8-18(17)27-19/h1-4,7-8,14-16H,5-6,9-13H2/p+1/t15-,16-/m0/s1. The minimum atomic E-state index is -0.109. The number of nitrogens with one attached hydrogen (secondary N) is 1. The second kappa shape index (κ2) is 6.84. The Morgan fingerprint density at radius 2 is 1.70 bits per heavy atom. The van der Waals surface area contributed by atoms with Gasteiger partial charge in [-0.3, -0.25) is 9.59 Å². The summed E-state index contributed by atoms with van der Waals surface area (Å²) in [5, 5.41) is 1.24. The first-order chi connectivity index (χ1) is 13.2. The Morgan fingerprint density at radius 3 is 2.37 bits per heavy atom. The molecule has 2 aliphatic heterocycles. The largest absolute Gasteiger partial charge is 0.317 e. The van der Waals surface area contributed by atoms with Crippen molar-refractivity contribution in [3.05, 3.63) is 41.4 Å². The second-order valence-electron chi connectivity index (χ2n) is 7.96. The summed E-state index contributed by atoms with van der Waals surface area (Å²) in [5.41, 5.74) is 1.09. The SMILES string of the molecule is O=C1[C@H]2CC=CC[C@@H]2C(=O)N1C[NH+]1CCC(c2nc3ccccc3s2)CC1. The van der Waals surface area contributed by atoms with Gasteiger partial charge in [0.15, 0.2) is 6.67 Å². The summed E-state index contributed by atoms with van der Waals surface area (Å²) in [6.07, 6.45) is 7.68. The van der Waals surface area contributed by atoms with E-state index in [4.69, 9.17) is 4.98 Å². The fourth-order valence-electron chi connectivity index (χ4n) is 4.74. The molecule has 0 spiro atoms. The number of para-hydroxylation sites is 1. The summed E-state index contributed by atoms with van der Waals surface area (Å²) in [6.45, 7) is 2.52. The molecule has 27 heavy (non-hydrogen) atoms. The number of piperidine rings is 1. The Morgan fingerprint density at radius 1 is 1.04 bits per heavy atom. The van der Waals surface area contributed by atoms with E-state index in [-0.39, 0.29) is 23.7 Å². The van der Waals surface area contributed by atoms with E-state index in [0.717, 1.165) is 44.3 Å². The number of quaternary nitrogens is 1. The normalized spacial score (nSPS) is 30.9. The third-order valence-electron chi connectivity index (χ3n) is 6.33. The number of carbonyl (C=O) groups excluding carboxylic acids is 2. The van der Waals surface area contributed by atoms with Crippen LogP contribution in [0, 0.1) is 11.8 Å². The number of hydrogen-bond donors (Lipinski definition) is 1. The zero-order valence-electron chi connectivity index (χ0n) is 15.3. The average Bonchev–Trinajstić information content (AvgIpc) is 3.24. The van der Waals surface area contributed by atoms with Gasteiger partial charge < -0.3 is 4.90 Å². The van der Waals surface area contributed by atoms with E-state index in [1.807, 2.05) is 18.2 Å². The van der Waals surface area contributed by atoms with Crippen molar-refractivity contribution in [2.75, 3.05) is 19.8 Å². The first-order valence-electron chi connectivity index (χ1n) is 9.90. The Hall–Kier alpha value is -2.05. The van der Waals surface area contributed by atoms with Gasteiger partial charge in [-0.25, -0.2) is 9.88 Å². The number of carbonyl (C=O) groups is 2. The van der Waals surface area contributed by atoms with Crippen LogP contribution in [-0.2, 0) is 9.59 Å². The van der Waals surface area contributed by atoms with Gasteiger partial charge in [0.2, 0.25) is 11.8 Å². The van der Waals surface area contributed by atoms with E-state index in [2.05, 4.69) is 18.2 Å². The molecule has 5 nitrogen and oxygen atoms in total. The lowest BCUT2D eigenvalue weighted by Gasteiger charge is -2.30. The molecule has 1 aromatic heterocycles. The predicted molar refractivity (Wildman–Crippen MR) is 104 cm³/mol. The molecular formula is C21H24N3O2S+. The van der Waals surface area contributed by atoms with Crippen LogP contribution < -0.4 is 4.90 Å². The number of hydrogen-bond acceptors (Lipinski definition) is 4. The Labute approximate surface area is 162 Å². The van der Waals surface area contributed by atoms with E-state index >= 15 is 0 Å². The molecule has 2 atom stereocenters. The minimum Gasteiger partial charge on any atom is -0.317 e. The van der Waals surface area contributed by atoms with Crippen LogP contribution in [0.15, 0.2) is 36.4 Å². The third kappa shape index (κ3) is 3.01. The summed E-state index contributed by atoms with van der Waals surface area (Å²) in [7, 11) is 0. The number of imide groups is 1. The maximum Gasteiger partial charge on any atom is 0.237 e. The zero-order chi connectivity index (χ0) is 18.4. The molecular weight excluding hydrogens is 358 g/mol. The van der Waals surface area contributed by atoms with Crippen LogP contribution in [-0.4, -0.2) is 41.5 Å². The third-order valence-corrected chi connectivity index (χ3v) is 7.53. The molecule has 3 aliphatic rings. The Kier molecular flexibility index (Phi) is 4.32. The van der Waals surface area contributed by atoms with Crippen molar-refractivity contribution in [1.29, 1.82) is 0 Å². The van der Waals surface area contributed by atoms with E-state index < -0.39 is 0 Å². The van der Waals surface area contributed by atoms with Crippen LogP contribution >= 0.6 is 11.3 Å². The first kappa shape index (κ1) is 17.1. The van der Waals surface area contributed by atoms with Gasteiger partial charge in [0, 0.05) is 18.8 Å². The van der Waals surface area contributed by atoms with Crippen LogP contribution in [0.3, 0.4) is 0 Å². The van der Waals surface area contributed by atoms with Crippen LogP contribution in [0.2, 0.25) is 0 Å². The van der Waals surface area contributed by atoms with Crippen molar-refractivity contribution in [3.63, 3.8) is 0 Å². The highest BCUT2D eigenvalue weighted by atomic mass is 32.1. The number of likely N-dealkylation sites (tertiary alicyclic amines) is 2. The summed E-state index contributed by atoms with van der Waals surface area (Å²) in [6, 6.07) is 8.31. The Bertz CT molecular complexity index is 854. The molecule has 2 saturated heterocycles. The summed E-state index contributed by atoms with van der Waals surface area (Å²) >= 11 is 1.81. The van der Waals surface area contributed by atoms with E-state index in [1.165, 1.54) is 14.6 Å². The Balaban J connectivity index is 1.22. The lowest BCUT2D eigenvalue weighted by molar-refractivity contribution is -0.912. The smallest absolute Gasteiger partial charge is 0.237 e. The van der Waals surface area contributed by atoms with Gasteiger partial charge in [-0.15, -0.1) is 11.3 Å². The van der Waals surface area contributed by atoms with E-state index in [9.17, 15) is 9.59 Å². The average molecular weight is 383 g/mol. The van der Waals surface area contributed by atoms with Crippen molar-refractivity contribution in [2.24, 2.45) is 11.8 Å². The highest BCUT2D eigenvalue weighted by Gasteiger charge is 2.48. The maximum atomic E-state index is 12.7. The van der Waals surface area contributed by atoms with Gasteiger partial charge in [-0.1, -0.05) is 24.3 Å². The van der Waals surface area contributed by atoms with Gasteiger partial charge in [0.05, 0.1) is 40.1 Å². The quantitative estimate of drug-likeness (QED) is 0.652. The molecule has 6 heteroatoms. The lowest BCUT2D eigenvalue weighted by atomic mass is 9.85. The number of amides is 2. The topological polar surface area (TPSA) is 54.7 Å². The van der Waals surface area contributed by atoms with Crippen molar-refractivity contribution in [1.82, 2.24) is 9.88 Å². The van der Waals surface area contributed by atoms with Crippen LogP contribution in [0.5, 0.6) is 0 Å². The predicted octanol–water partition coefficient (Wildman–Crippen LogP) is 1.97. The molecule has 1 N–H and O–H groups in total. The molecule has 2 amide bonds. The van der Waals surface area contributed by atoms with E-state index in [0.29, 0.717) is 12.6 Å². The summed E-state index contributed by atoms with van der Waals surface area (Å²) in [4.78, 5) is 33.0. The molecule has 0 bridgehead atoms. The fraction of sp³-hybridized carbons (Fsp3) is 0.476. The summed E-state index contributed by atoms with van der Waals surface area (Å²) in [5.74, 6) is 0.387. The molecule has 2 fully saturated rings. The summed E-state index contributed by atoms with van der Waals surface area (Å²) < 4.78 is 1.26. The van der Waals surface area contributed by atoms with Gasteiger partial charge in [0.25, 0.3) is 0 Å². The van der Waals surface area contributed by atoms with Crippen LogP contribution in [0.1, 0.15) is 36.6 Å². The second-order valence-corrected chi connectivity index (χ2v) is 9.02. The number of allylic oxidation sites excluding steroid dienone is 2. The molecule has 2 aromatic rings. The number of nitrogens with zero attached hydrogens (tertiary/aromatic N) is 2. The molecule has 140 valence electrons. The highest BCUT2D eigenvalue weighted by molar-refractivity contribution is 7.18. The molecule has 0 unspecified atom stereocenters. The lowest BCUT2D eigenvalue weighted by Crippen LogP contribution is -3.14. The van der Waals surface area contributed by atoms with Crippen molar-refractivity contribution >= 4 is 33.4 Å².